The van der Waals surface area contributed by atoms with E-state index in [1.165, 1.54) is 30.4 Å². The minimum atomic E-state index is -2.35. The molecule has 1 spiro atoms. The monoisotopic (exact) mass is 513 g/mol. The van der Waals surface area contributed by atoms with Crippen molar-refractivity contribution in [3.63, 3.8) is 0 Å². The number of anilines is 2. The molecule has 194 valence electrons. The summed E-state index contributed by atoms with van der Waals surface area (Å²) in [5.74, 6) is 1.04. The highest BCUT2D eigenvalue weighted by Gasteiger charge is 2.48. The number of amides is 1. The van der Waals surface area contributed by atoms with Gasteiger partial charge in [0.15, 0.2) is 0 Å². The van der Waals surface area contributed by atoms with Crippen LogP contribution in [0.3, 0.4) is 0 Å². The molecule has 1 amide bonds. The molecule has 4 N–H and O–H groups in total. The van der Waals surface area contributed by atoms with E-state index in [2.05, 4.69) is 52.6 Å². The second kappa shape index (κ2) is 10.6. The first-order valence-electron chi connectivity index (χ1n) is 12.9. The van der Waals surface area contributed by atoms with Crippen LogP contribution in [-0.2, 0) is 11.1 Å². The van der Waals surface area contributed by atoms with Crippen molar-refractivity contribution in [3.05, 3.63) is 46.6 Å². The van der Waals surface area contributed by atoms with Gasteiger partial charge in [-0.1, -0.05) is 18.2 Å². The van der Waals surface area contributed by atoms with Gasteiger partial charge in [0.2, 0.25) is 5.95 Å². The zero-order valence-corrected chi connectivity index (χ0v) is 21.9. The van der Waals surface area contributed by atoms with Gasteiger partial charge in [0.1, 0.15) is 11.4 Å². The Morgan fingerprint density at radius 3 is 2.61 bits per heavy atom. The van der Waals surface area contributed by atoms with Crippen molar-refractivity contribution in [2.75, 3.05) is 23.3 Å². The second-order valence-electron chi connectivity index (χ2n) is 10.7. The van der Waals surface area contributed by atoms with Gasteiger partial charge in [-0.2, -0.15) is 4.98 Å². The largest absolute Gasteiger partial charge is 0.365 e. The number of aryl methyl sites for hydroxylation is 2. The number of carbonyl (C=O) groups excluding carboxylic acids is 1. The van der Waals surface area contributed by atoms with Gasteiger partial charge in [0.05, 0.1) is 6.10 Å². The molecule has 9 nitrogen and oxygen atoms in total. The highest BCUT2D eigenvalue weighted by Crippen LogP contribution is 2.53. The number of aromatic nitrogens is 2. The SMILES string of the molecule is Cc1ccc(CNc2nc(N3CCC4(CC4)C3)ncc2C(=O)NC2CCC(OP(O)O)CC2)cc1C. The summed E-state index contributed by atoms with van der Waals surface area (Å²) in [7, 11) is -2.35. The summed E-state index contributed by atoms with van der Waals surface area (Å²) in [6.45, 7) is 6.71. The van der Waals surface area contributed by atoms with E-state index in [1.807, 2.05) is 0 Å². The summed E-state index contributed by atoms with van der Waals surface area (Å²) in [5, 5.41) is 6.54. The Kier molecular flexibility index (Phi) is 7.45. The van der Waals surface area contributed by atoms with Gasteiger partial charge in [0, 0.05) is 31.9 Å². The lowest BCUT2D eigenvalue weighted by Gasteiger charge is -2.29. The molecule has 1 aromatic heterocycles. The van der Waals surface area contributed by atoms with Crippen LogP contribution in [0.4, 0.5) is 11.8 Å². The molecule has 3 fully saturated rings. The molecule has 3 aliphatic rings. The Labute approximate surface area is 213 Å². The molecule has 1 aliphatic heterocycles. The number of nitrogens with zero attached hydrogens (tertiary/aromatic N) is 3. The number of benzene rings is 1. The van der Waals surface area contributed by atoms with Gasteiger partial charge in [-0.15, -0.1) is 0 Å². The normalized spacial score (nSPS) is 22.8. The standard InChI is InChI=1S/C26H36N5O4P/c1-17-3-4-19(13-18(17)2)14-27-23-22(15-28-25(30-23)31-12-11-26(16-31)9-10-26)24(32)29-20-5-7-21(8-6-20)35-36(33)34/h3-4,13,15,20-21,33-34H,5-12,14,16H2,1-2H3,(H,29,32)(H,27,28,30). The third kappa shape index (κ3) is 5.97. The summed E-state index contributed by atoms with van der Waals surface area (Å²) in [4.78, 5) is 43.2. The lowest BCUT2D eigenvalue weighted by atomic mass is 9.93. The van der Waals surface area contributed by atoms with E-state index in [1.54, 1.807) is 6.20 Å². The molecule has 1 aromatic carbocycles. The van der Waals surface area contributed by atoms with E-state index < -0.39 is 8.60 Å². The fraction of sp³-hybridized carbons (Fsp3) is 0.577. The summed E-state index contributed by atoms with van der Waals surface area (Å²) in [5.41, 5.74) is 4.52. The van der Waals surface area contributed by atoms with Crippen LogP contribution in [0.15, 0.2) is 24.4 Å². The maximum atomic E-state index is 13.3. The van der Waals surface area contributed by atoms with E-state index in [4.69, 9.17) is 19.3 Å². The van der Waals surface area contributed by atoms with Gasteiger partial charge in [-0.3, -0.25) is 4.79 Å². The van der Waals surface area contributed by atoms with Crippen LogP contribution >= 0.6 is 8.60 Å². The maximum Gasteiger partial charge on any atom is 0.327 e. The van der Waals surface area contributed by atoms with Crippen molar-refractivity contribution in [3.8, 4) is 0 Å². The summed E-state index contributed by atoms with van der Waals surface area (Å²) >= 11 is 0. The Hall–Kier alpha value is -2.32. The third-order valence-electron chi connectivity index (χ3n) is 7.98. The molecule has 10 heteroatoms. The van der Waals surface area contributed by atoms with Crippen LogP contribution in [-0.4, -0.2) is 50.9 Å². The van der Waals surface area contributed by atoms with Gasteiger partial charge < -0.3 is 29.8 Å². The number of hydrogen-bond donors (Lipinski definition) is 4. The average molecular weight is 514 g/mol. The molecule has 0 radical (unpaired) electrons. The van der Waals surface area contributed by atoms with Crippen molar-refractivity contribution in [2.24, 2.45) is 5.41 Å². The van der Waals surface area contributed by atoms with Crippen molar-refractivity contribution in [2.45, 2.75) is 77.5 Å². The first-order valence-corrected chi connectivity index (χ1v) is 14.0. The van der Waals surface area contributed by atoms with Crippen LogP contribution in [0.1, 0.15) is 72.0 Å². The minimum absolute atomic E-state index is 0.00143. The Morgan fingerprint density at radius 2 is 1.94 bits per heavy atom. The summed E-state index contributed by atoms with van der Waals surface area (Å²) in [6, 6.07) is 6.37. The van der Waals surface area contributed by atoms with Gasteiger partial charge in [-0.25, -0.2) is 4.98 Å². The molecule has 2 heterocycles. The van der Waals surface area contributed by atoms with E-state index in [0.29, 0.717) is 42.1 Å². The van der Waals surface area contributed by atoms with E-state index >= 15 is 0 Å². The van der Waals surface area contributed by atoms with Crippen molar-refractivity contribution >= 4 is 26.3 Å². The van der Waals surface area contributed by atoms with Crippen molar-refractivity contribution < 1.29 is 19.1 Å². The highest BCUT2D eigenvalue weighted by atomic mass is 31.2. The molecule has 5 rings (SSSR count). The van der Waals surface area contributed by atoms with Gasteiger partial charge in [-0.05, 0) is 80.9 Å². The minimum Gasteiger partial charge on any atom is -0.365 e. The zero-order chi connectivity index (χ0) is 25.3. The average Bonchev–Trinajstić information content (AvgIpc) is 3.48. The molecule has 0 atom stereocenters. The van der Waals surface area contributed by atoms with Crippen LogP contribution in [0.25, 0.3) is 0 Å². The third-order valence-corrected chi connectivity index (χ3v) is 8.47. The Bertz CT molecular complexity index is 1100. The molecule has 0 unspecified atom stereocenters. The predicted molar refractivity (Wildman–Crippen MR) is 140 cm³/mol. The van der Waals surface area contributed by atoms with E-state index in [9.17, 15) is 4.79 Å². The fourth-order valence-corrected chi connectivity index (χ4v) is 5.80. The molecule has 1 saturated heterocycles. The van der Waals surface area contributed by atoms with Crippen LogP contribution < -0.4 is 15.5 Å². The number of rotatable bonds is 8. The molecule has 0 bridgehead atoms. The molecule has 2 aliphatic carbocycles. The topological polar surface area (TPSA) is 120 Å². The van der Waals surface area contributed by atoms with E-state index in [-0.39, 0.29) is 18.1 Å². The van der Waals surface area contributed by atoms with Gasteiger partial charge in [0.25, 0.3) is 5.91 Å². The first kappa shape index (κ1) is 25.3. The van der Waals surface area contributed by atoms with Gasteiger partial charge >= 0.3 is 8.60 Å². The molecule has 36 heavy (non-hydrogen) atoms. The Morgan fingerprint density at radius 1 is 1.17 bits per heavy atom. The van der Waals surface area contributed by atoms with E-state index in [0.717, 1.165) is 31.5 Å². The van der Waals surface area contributed by atoms with Crippen molar-refractivity contribution in [1.82, 2.24) is 15.3 Å². The van der Waals surface area contributed by atoms with Crippen molar-refractivity contribution in [1.29, 1.82) is 0 Å². The number of nitrogens with one attached hydrogen (secondary N) is 2. The van der Waals surface area contributed by atoms with Crippen LogP contribution in [0.5, 0.6) is 0 Å². The Balaban J connectivity index is 1.30. The number of carbonyl (C=O) groups is 1. The summed E-state index contributed by atoms with van der Waals surface area (Å²) < 4.78 is 5.15. The fourth-order valence-electron chi connectivity index (χ4n) is 5.32. The lowest BCUT2D eigenvalue weighted by Crippen LogP contribution is -2.39. The maximum absolute atomic E-state index is 13.3. The van der Waals surface area contributed by atoms with Crippen LogP contribution in [0, 0.1) is 19.3 Å². The quantitative estimate of drug-likeness (QED) is 0.392. The number of hydrogen-bond acceptors (Lipinski definition) is 8. The smallest absolute Gasteiger partial charge is 0.327 e. The lowest BCUT2D eigenvalue weighted by molar-refractivity contribution is 0.0878. The second-order valence-corrected chi connectivity index (χ2v) is 11.4. The molecular formula is C26H36N5O4P. The van der Waals surface area contributed by atoms with Crippen LogP contribution in [0.2, 0.25) is 0 Å². The molecule has 2 saturated carbocycles. The zero-order valence-electron chi connectivity index (χ0n) is 21.0. The predicted octanol–water partition coefficient (Wildman–Crippen LogP) is 3.96. The summed E-state index contributed by atoms with van der Waals surface area (Å²) in [6.07, 6.45) is 8.03. The first-order chi connectivity index (χ1) is 17.3. The molecule has 2 aromatic rings. The molecular weight excluding hydrogens is 477 g/mol. The highest BCUT2D eigenvalue weighted by molar-refractivity contribution is 7.39.